The van der Waals surface area contributed by atoms with Gasteiger partial charge in [-0.3, -0.25) is 14.4 Å². The molecule has 0 radical (unpaired) electrons. The molecule has 3 aliphatic rings. The summed E-state index contributed by atoms with van der Waals surface area (Å²) in [5.74, 6) is -1.90. The van der Waals surface area contributed by atoms with Gasteiger partial charge in [0.15, 0.2) is 26.3 Å². The number of benzene rings is 3. The van der Waals surface area contributed by atoms with Gasteiger partial charge in [-0.2, -0.15) is 0 Å². The van der Waals surface area contributed by atoms with Crippen LogP contribution in [0.4, 0.5) is 11.4 Å². The lowest BCUT2D eigenvalue weighted by atomic mass is 9.82. The Bertz CT molecular complexity index is 1790. The summed E-state index contributed by atoms with van der Waals surface area (Å²) in [5.41, 5.74) is 1.28. The van der Waals surface area contributed by atoms with E-state index < -0.39 is 68.1 Å². The van der Waals surface area contributed by atoms with Gasteiger partial charge < -0.3 is 54.9 Å². The van der Waals surface area contributed by atoms with Gasteiger partial charge in [-0.1, -0.05) is 67.6 Å². The molecule has 0 saturated carbocycles. The lowest BCUT2D eigenvalue weighted by Crippen LogP contribution is -2.60. The molecule has 3 aromatic rings. The second-order valence-corrected chi connectivity index (χ2v) is 18.6. The molecule has 3 aliphatic heterocycles. The molecule has 53 heavy (non-hydrogen) atoms. The van der Waals surface area contributed by atoms with Crippen LogP contribution in [0.25, 0.3) is 0 Å². The lowest BCUT2D eigenvalue weighted by molar-refractivity contribution is -0.274. The molecule has 0 bridgehead atoms. The van der Waals surface area contributed by atoms with Gasteiger partial charge in [-0.05, 0) is 42.4 Å². The molecule has 284 valence electrons. The van der Waals surface area contributed by atoms with E-state index in [2.05, 4.69) is 5.32 Å². The summed E-state index contributed by atoms with van der Waals surface area (Å²) in [5, 5.41) is 52.0. The van der Waals surface area contributed by atoms with Crippen LogP contribution in [0.5, 0.6) is 0 Å². The molecule has 15 heteroatoms. The lowest BCUT2D eigenvalue weighted by Gasteiger charge is -2.37. The summed E-state index contributed by atoms with van der Waals surface area (Å²) in [4.78, 5) is 56.2. The Morgan fingerprint density at radius 2 is 1.57 bits per heavy atom. The minimum atomic E-state index is -3.05. The van der Waals surface area contributed by atoms with Gasteiger partial charge >= 0.3 is 0 Å². The van der Waals surface area contributed by atoms with Gasteiger partial charge in [0.1, 0.15) is 18.3 Å². The first-order valence-electron chi connectivity index (χ1n) is 17.7. The van der Waals surface area contributed by atoms with E-state index >= 15 is 0 Å². The maximum Gasteiger partial charge on any atom is 0.264 e. The van der Waals surface area contributed by atoms with Crippen LogP contribution in [0, 0.1) is 5.92 Å². The monoisotopic (exact) mass is 749 g/mol. The zero-order chi connectivity index (χ0) is 38.2. The Morgan fingerprint density at radius 1 is 0.906 bits per heavy atom. The standard InChI is InChI=1S/C38H47N3O11Si/c1-22-34(53(2,3)50)28(19-29(43)40(17-18-42)20-23-9-5-4-6-10-23)52-38(22)26-11-7-8-12-27(26)41(37(38)49)21-24-13-15-25(16-14-24)39-35(47)33-31(45)30(44)32(46)36(48)51-33/h4-16,22,28,30-34,36,42,44-46,48,50H,17-21H2,1-3H3,(H,39,47)/t22-,28+,30-,31-,32+,33-,34-,36+,38+/m0/s1. The molecular formula is C38H47N3O11Si. The van der Waals surface area contributed by atoms with Crippen molar-refractivity contribution in [3.63, 3.8) is 0 Å². The molecule has 6 rings (SSSR count). The Hall–Kier alpha value is -4.03. The molecular weight excluding hydrogens is 703 g/mol. The summed E-state index contributed by atoms with van der Waals surface area (Å²) in [6.45, 7) is 5.82. The van der Waals surface area contributed by atoms with Gasteiger partial charge in [0, 0.05) is 35.8 Å². The van der Waals surface area contributed by atoms with Gasteiger partial charge in [0.2, 0.25) is 5.91 Å². The number of amides is 3. The van der Waals surface area contributed by atoms with E-state index in [-0.39, 0.29) is 37.9 Å². The van der Waals surface area contributed by atoms with Crippen LogP contribution in [-0.4, -0.2) is 111 Å². The zero-order valence-corrected chi connectivity index (χ0v) is 30.8. The molecule has 0 aliphatic carbocycles. The van der Waals surface area contributed by atoms with E-state index in [4.69, 9.17) is 9.47 Å². The Labute approximate surface area is 308 Å². The minimum Gasteiger partial charge on any atom is -0.432 e. The SMILES string of the molecule is C[C@H]1[C@H]([Si](C)(C)O)[C@@H](CC(=O)N(CCO)Cc2ccccc2)O[C@]12C(=O)N(Cc1ccc(NC(=O)[C@H]3O[C@@H](O)[C@H](O)[C@@H](O)[C@@H]3O)cc1)c1ccccc12. The molecule has 2 saturated heterocycles. The van der Waals surface area contributed by atoms with Crippen molar-refractivity contribution < 1.29 is 54.2 Å². The summed E-state index contributed by atoms with van der Waals surface area (Å²) < 4.78 is 11.8. The normalized spacial score (nSPS) is 29.7. The Kier molecular flexibility index (Phi) is 11.2. The number of fused-ring (bicyclic) bond motifs is 2. The van der Waals surface area contributed by atoms with Gasteiger partial charge in [0.05, 0.1) is 31.4 Å². The third-order valence-electron chi connectivity index (χ3n) is 10.6. The van der Waals surface area contributed by atoms with Gasteiger partial charge in [-0.15, -0.1) is 0 Å². The number of carbonyl (C=O) groups is 3. The van der Waals surface area contributed by atoms with Crippen LogP contribution in [0.3, 0.4) is 0 Å². The van der Waals surface area contributed by atoms with Crippen molar-refractivity contribution in [3.05, 3.63) is 95.6 Å². The molecule has 3 heterocycles. The van der Waals surface area contributed by atoms with Crippen molar-refractivity contribution in [1.82, 2.24) is 4.90 Å². The summed E-state index contributed by atoms with van der Waals surface area (Å²) in [6.07, 6.45) is -9.67. The van der Waals surface area contributed by atoms with E-state index in [9.17, 15) is 44.7 Å². The minimum absolute atomic E-state index is 0.0787. The fourth-order valence-corrected chi connectivity index (χ4v) is 10.6. The summed E-state index contributed by atoms with van der Waals surface area (Å²) >= 11 is 0. The largest absolute Gasteiger partial charge is 0.432 e. The van der Waals surface area contributed by atoms with Crippen LogP contribution in [0.1, 0.15) is 30.0 Å². The molecule has 2 fully saturated rings. The first kappa shape index (κ1) is 38.7. The Morgan fingerprint density at radius 3 is 2.23 bits per heavy atom. The molecule has 9 atom stereocenters. The van der Waals surface area contributed by atoms with Crippen LogP contribution in [-0.2, 0) is 42.5 Å². The predicted octanol–water partition coefficient (Wildman–Crippen LogP) is 1.18. The first-order chi connectivity index (χ1) is 25.2. The average Bonchev–Trinajstić information content (AvgIpc) is 3.55. The van der Waals surface area contributed by atoms with Crippen LogP contribution in [0.15, 0.2) is 78.9 Å². The first-order valence-corrected chi connectivity index (χ1v) is 20.7. The highest BCUT2D eigenvalue weighted by atomic mass is 28.4. The molecule has 3 aromatic carbocycles. The highest BCUT2D eigenvalue weighted by Gasteiger charge is 2.66. The average molecular weight is 750 g/mol. The number of anilines is 2. The van der Waals surface area contributed by atoms with E-state index in [0.29, 0.717) is 29.0 Å². The second-order valence-electron chi connectivity index (χ2n) is 14.6. The summed E-state index contributed by atoms with van der Waals surface area (Å²) in [7, 11) is -3.05. The number of nitrogens with zero attached hydrogens (tertiary/aromatic N) is 2. The molecule has 1 spiro atoms. The second kappa shape index (κ2) is 15.4. The summed E-state index contributed by atoms with van der Waals surface area (Å²) in [6, 6.07) is 23.4. The number of ether oxygens (including phenoxy) is 2. The van der Waals surface area contributed by atoms with Gasteiger partial charge in [-0.25, -0.2) is 0 Å². The number of nitrogens with one attached hydrogen (secondary N) is 1. The number of aliphatic hydroxyl groups is 5. The van der Waals surface area contributed by atoms with Crippen LogP contribution >= 0.6 is 0 Å². The van der Waals surface area contributed by atoms with E-state index in [1.165, 1.54) is 0 Å². The van der Waals surface area contributed by atoms with Crippen LogP contribution < -0.4 is 10.2 Å². The number of hydrogen-bond donors (Lipinski definition) is 7. The zero-order valence-electron chi connectivity index (χ0n) is 29.8. The maximum absolute atomic E-state index is 14.7. The highest BCUT2D eigenvalue weighted by Crippen LogP contribution is 2.59. The third kappa shape index (κ3) is 7.41. The number of carbonyl (C=O) groups excluding carboxylic acids is 3. The number of aliphatic hydroxyl groups excluding tert-OH is 5. The molecule has 3 amide bonds. The molecule has 7 N–H and O–H groups in total. The fourth-order valence-electron chi connectivity index (χ4n) is 8.07. The Balaban J connectivity index is 1.22. The van der Waals surface area contributed by atoms with Crippen molar-refractivity contribution >= 4 is 37.4 Å². The highest BCUT2D eigenvalue weighted by molar-refractivity contribution is 6.71. The van der Waals surface area contributed by atoms with E-state index in [0.717, 1.165) is 5.56 Å². The van der Waals surface area contributed by atoms with Gasteiger partial charge in [0.25, 0.3) is 11.8 Å². The van der Waals surface area contributed by atoms with E-state index in [1.54, 1.807) is 47.2 Å². The van der Waals surface area contributed by atoms with Crippen LogP contribution in [0.2, 0.25) is 18.6 Å². The van der Waals surface area contributed by atoms with Crippen molar-refractivity contribution in [2.75, 3.05) is 23.4 Å². The van der Waals surface area contributed by atoms with Crippen molar-refractivity contribution in [3.8, 4) is 0 Å². The topological polar surface area (TPSA) is 210 Å². The van der Waals surface area contributed by atoms with Crippen molar-refractivity contribution in [2.24, 2.45) is 5.92 Å². The van der Waals surface area contributed by atoms with E-state index in [1.807, 2.05) is 61.5 Å². The van der Waals surface area contributed by atoms with Crippen molar-refractivity contribution in [1.29, 1.82) is 0 Å². The fraction of sp³-hybridized carbons (Fsp3) is 0.447. The number of rotatable bonds is 11. The molecule has 0 aromatic heterocycles. The van der Waals surface area contributed by atoms with Crippen molar-refractivity contribution in [2.45, 2.75) is 87.5 Å². The quantitative estimate of drug-likeness (QED) is 0.139. The third-order valence-corrected chi connectivity index (χ3v) is 13.1. The molecule has 14 nitrogen and oxygen atoms in total. The number of hydrogen-bond acceptors (Lipinski definition) is 11. The maximum atomic E-state index is 14.7. The smallest absolute Gasteiger partial charge is 0.264 e. The predicted molar refractivity (Wildman–Crippen MR) is 194 cm³/mol. The number of para-hydroxylation sites is 1. The molecule has 0 unspecified atom stereocenters.